The predicted octanol–water partition coefficient (Wildman–Crippen LogP) is 3.20. The summed E-state index contributed by atoms with van der Waals surface area (Å²) in [6, 6.07) is 13.3. The number of nitrogens with one attached hydrogen (secondary N) is 1. The van der Waals surface area contributed by atoms with Crippen LogP contribution in [0.3, 0.4) is 0 Å². The third kappa shape index (κ3) is 2.26. The van der Waals surface area contributed by atoms with Gasteiger partial charge in [0.1, 0.15) is 0 Å². The van der Waals surface area contributed by atoms with Gasteiger partial charge in [0.25, 0.3) is 5.91 Å². The van der Waals surface area contributed by atoms with Crippen LogP contribution < -0.4 is 11.1 Å². The number of benzene rings is 2. The number of amides is 1. The molecule has 0 fully saturated rings. The molecule has 0 saturated heterocycles. The average molecular weight is 351 g/mol. The summed E-state index contributed by atoms with van der Waals surface area (Å²) >= 11 is 1.14. The fourth-order valence-corrected chi connectivity index (χ4v) is 4.30. The zero-order valence-corrected chi connectivity index (χ0v) is 14.6. The Morgan fingerprint density at radius 3 is 2.64 bits per heavy atom. The fourth-order valence-electron chi connectivity index (χ4n) is 3.34. The molecule has 1 aliphatic heterocycles. The molecule has 6 heteroatoms. The Labute approximate surface area is 149 Å². The van der Waals surface area contributed by atoms with Gasteiger partial charge in [-0.2, -0.15) is 0 Å². The van der Waals surface area contributed by atoms with Gasteiger partial charge >= 0.3 is 0 Å². The molecular formula is C19H17N3O2S. The zero-order chi connectivity index (χ0) is 17.8. The van der Waals surface area contributed by atoms with Crippen molar-refractivity contribution >= 4 is 28.1 Å². The third-order valence-corrected chi connectivity index (χ3v) is 5.45. The largest absolute Gasteiger partial charge is 0.375 e. The van der Waals surface area contributed by atoms with Crippen LogP contribution in [0.25, 0.3) is 11.3 Å². The number of nitrogen functional groups attached to an aromatic ring is 1. The van der Waals surface area contributed by atoms with Crippen molar-refractivity contribution in [1.82, 2.24) is 4.98 Å². The van der Waals surface area contributed by atoms with Gasteiger partial charge in [-0.25, -0.2) is 4.98 Å². The summed E-state index contributed by atoms with van der Waals surface area (Å²) in [4.78, 5) is 17.6. The first-order valence-electron chi connectivity index (χ1n) is 7.89. The van der Waals surface area contributed by atoms with Gasteiger partial charge in [-0.1, -0.05) is 59.4 Å². The molecule has 4 rings (SSSR count). The number of carbonyl (C=O) groups is 1. The van der Waals surface area contributed by atoms with Gasteiger partial charge < -0.3 is 16.2 Å². The van der Waals surface area contributed by atoms with Crippen molar-refractivity contribution in [2.45, 2.75) is 19.4 Å². The van der Waals surface area contributed by atoms with E-state index in [2.05, 4.69) is 10.3 Å². The molecule has 0 spiro atoms. The normalized spacial score (nSPS) is 18.9. The first kappa shape index (κ1) is 15.8. The monoisotopic (exact) mass is 351 g/mol. The smallest absolute Gasteiger partial charge is 0.266 e. The summed E-state index contributed by atoms with van der Waals surface area (Å²) in [7, 11) is 0. The number of thiazole rings is 1. The SMILES string of the molecule is Cc1cc(C)c2c(c1)[C@@](O)(c1sc(N)nc1-c1ccccc1)C(=O)N2. The number of anilines is 2. The molecule has 0 saturated carbocycles. The van der Waals surface area contributed by atoms with Crippen LogP contribution in [0.1, 0.15) is 21.6 Å². The lowest BCUT2D eigenvalue weighted by Gasteiger charge is -2.21. The van der Waals surface area contributed by atoms with Crippen molar-refractivity contribution in [3.05, 3.63) is 64.0 Å². The second kappa shape index (κ2) is 5.40. The Morgan fingerprint density at radius 1 is 1.20 bits per heavy atom. The van der Waals surface area contributed by atoms with Crippen LogP contribution in [0.2, 0.25) is 0 Å². The third-order valence-electron chi connectivity index (χ3n) is 4.46. The van der Waals surface area contributed by atoms with Crippen LogP contribution in [0.15, 0.2) is 42.5 Å². The molecule has 0 unspecified atom stereocenters. The van der Waals surface area contributed by atoms with Gasteiger partial charge in [0.15, 0.2) is 5.13 Å². The van der Waals surface area contributed by atoms with E-state index in [0.29, 0.717) is 27.0 Å². The second-order valence-corrected chi connectivity index (χ2v) is 7.30. The van der Waals surface area contributed by atoms with Gasteiger partial charge in [-0.3, -0.25) is 4.79 Å². The van der Waals surface area contributed by atoms with E-state index in [9.17, 15) is 9.90 Å². The van der Waals surface area contributed by atoms with E-state index in [1.807, 2.05) is 56.3 Å². The van der Waals surface area contributed by atoms with E-state index in [0.717, 1.165) is 28.0 Å². The number of rotatable bonds is 2. The highest BCUT2D eigenvalue weighted by Gasteiger charge is 2.50. The Hall–Kier alpha value is -2.70. The zero-order valence-electron chi connectivity index (χ0n) is 13.8. The lowest BCUT2D eigenvalue weighted by Crippen LogP contribution is -2.35. The van der Waals surface area contributed by atoms with Crippen molar-refractivity contribution in [1.29, 1.82) is 0 Å². The van der Waals surface area contributed by atoms with E-state index in [4.69, 9.17) is 5.73 Å². The highest BCUT2D eigenvalue weighted by atomic mass is 32.1. The number of hydrogen-bond donors (Lipinski definition) is 3. The van der Waals surface area contributed by atoms with Crippen LogP contribution in [0.4, 0.5) is 10.8 Å². The van der Waals surface area contributed by atoms with Crippen LogP contribution >= 0.6 is 11.3 Å². The van der Waals surface area contributed by atoms with Crippen molar-refractivity contribution in [2.75, 3.05) is 11.1 Å². The van der Waals surface area contributed by atoms with Crippen molar-refractivity contribution in [3.63, 3.8) is 0 Å². The number of hydrogen-bond acceptors (Lipinski definition) is 5. The molecule has 25 heavy (non-hydrogen) atoms. The molecule has 4 N–H and O–H groups in total. The summed E-state index contributed by atoms with van der Waals surface area (Å²) in [6.07, 6.45) is 0. The summed E-state index contributed by atoms with van der Waals surface area (Å²) in [6.45, 7) is 3.85. The minimum absolute atomic E-state index is 0.313. The Kier molecular flexibility index (Phi) is 3.42. The molecule has 0 radical (unpaired) electrons. The number of aryl methyl sites for hydroxylation is 2. The first-order valence-corrected chi connectivity index (χ1v) is 8.70. The van der Waals surface area contributed by atoms with Gasteiger partial charge in [-0.15, -0.1) is 0 Å². The molecule has 1 atom stereocenters. The standard InChI is InChI=1S/C19H17N3O2S/c1-10-8-11(2)14-13(9-10)19(24,17(23)21-14)16-15(22-18(20)25-16)12-6-4-3-5-7-12/h3-9,24H,1-2H3,(H2,20,22)(H,21,23)/t19-/m1/s1. The topological polar surface area (TPSA) is 88.2 Å². The molecule has 0 bridgehead atoms. The maximum Gasteiger partial charge on any atom is 0.266 e. The van der Waals surface area contributed by atoms with Crippen molar-refractivity contribution in [2.24, 2.45) is 0 Å². The molecular weight excluding hydrogens is 334 g/mol. The molecule has 1 amide bonds. The van der Waals surface area contributed by atoms with Gasteiger partial charge in [0.05, 0.1) is 16.3 Å². The van der Waals surface area contributed by atoms with Crippen LogP contribution in [0, 0.1) is 13.8 Å². The lowest BCUT2D eigenvalue weighted by molar-refractivity contribution is -0.129. The van der Waals surface area contributed by atoms with E-state index >= 15 is 0 Å². The van der Waals surface area contributed by atoms with E-state index in [1.54, 1.807) is 0 Å². The van der Waals surface area contributed by atoms with Gasteiger partial charge in [-0.05, 0) is 19.4 Å². The molecule has 5 nitrogen and oxygen atoms in total. The molecule has 3 aromatic rings. The van der Waals surface area contributed by atoms with E-state index in [-0.39, 0.29) is 0 Å². The number of nitrogens with zero attached hydrogens (tertiary/aromatic N) is 1. The number of fused-ring (bicyclic) bond motifs is 1. The average Bonchev–Trinajstić information content (AvgIpc) is 3.09. The Balaban J connectivity index is 1.99. The quantitative estimate of drug-likeness (QED) is 0.661. The molecule has 0 aliphatic carbocycles. The highest BCUT2D eigenvalue weighted by Crippen LogP contribution is 2.48. The van der Waals surface area contributed by atoms with Crippen LogP contribution in [0.5, 0.6) is 0 Å². The number of aliphatic hydroxyl groups is 1. The van der Waals surface area contributed by atoms with Crippen LogP contribution in [-0.2, 0) is 10.4 Å². The fraction of sp³-hybridized carbons (Fsp3) is 0.158. The maximum absolute atomic E-state index is 12.8. The van der Waals surface area contributed by atoms with Gasteiger partial charge in [0, 0.05) is 11.1 Å². The lowest BCUT2D eigenvalue weighted by atomic mass is 9.89. The molecule has 126 valence electrons. The summed E-state index contributed by atoms with van der Waals surface area (Å²) in [5, 5.41) is 14.6. The minimum Gasteiger partial charge on any atom is -0.375 e. The maximum atomic E-state index is 12.8. The molecule has 1 aliphatic rings. The summed E-state index contributed by atoms with van der Waals surface area (Å²) in [5.74, 6) is -0.475. The number of aromatic nitrogens is 1. The first-order chi connectivity index (χ1) is 11.9. The van der Waals surface area contributed by atoms with E-state index < -0.39 is 11.5 Å². The highest BCUT2D eigenvalue weighted by molar-refractivity contribution is 7.16. The minimum atomic E-state index is -1.80. The molecule has 1 aromatic heterocycles. The van der Waals surface area contributed by atoms with Gasteiger partial charge in [0.2, 0.25) is 5.60 Å². The summed E-state index contributed by atoms with van der Waals surface area (Å²) in [5.41, 5.74) is 8.58. The molecule has 2 aromatic carbocycles. The number of carbonyl (C=O) groups excluding carboxylic acids is 1. The van der Waals surface area contributed by atoms with Crippen molar-refractivity contribution < 1.29 is 9.90 Å². The second-order valence-electron chi connectivity index (χ2n) is 6.26. The molecule has 2 heterocycles. The Morgan fingerprint density at radius 2 is 1.92 bits per heavy atom. The summed E-state index contributed by atoms with van der Waals surface area (Å²) < 4.78 is 0. The number of nitrogens with two attached hydrogens (primary N) is 1. The Bertz CT molecular complexity index is 997. The predicted molar refractivity (Wildman–Crippen MR) is 99.5 cm³/mol. The van der Waals surface area contributed by atoms with E-state index in [1.165, 1.54) is 0 Å². The van der Waals surface area contributed by atoms with Crippen molar-refractivity contribution in [3.8, 4) is 11.3 Å². The van der Waals surface area contributed by atoms with Crippen LogP contribution in [-0.4, -0.2) is 16.0 Å².